The number of hydrogen-bond acceptors (Lipinski definition) is 6. The van der Waals surface area contributed by atoms with Gasteiger partial charge in [-0.3, -0.25) is 4.79 Å². The van der Waals surface area contributed by atoms with Crippen LogP contribution in [0.4, 0.5) is 5.95 Å². The average molecular weight is 356 g/mol. The molecule has 1 aliphatic heterocycles. The molecular formula is C19H24N4O3. The van der Waals surface area contributed by atoms with Crippen molar-refractivity contribution in [2.24, 2.45) is 0 Å². The number of rotatable bonds is 6. The lowest BCUT2D eigenvalue weighted by atomic mass is 10.0. The van der Waals surface area contributed by atoms with Crippen molar-refractivity contribution in [2.45, 2.75) is 18.4 Å². The van der Waals surface area contributed by atoms with Crippen LogP contribution in [0.3, 0.4) is 0 Å². The number of aliphatic hydroxyl groups is 1. The largest absolute Gasteiger partial charge is 0.496 e. The van der Waals surface area contributed by atoms with Crippen molar-refractivity contribution in [3.8, 4) is 5.75 Å². The minimum absolute atomic E-state index is 0.0580. The molecular weight excluding hydrogens is 332 g/mol. The van der Waals surface area contributed by atoms with Gasteiger partial charge in [0.15, 0.2) is 0 Å². The van der Waals surface area contributed by atoms with Gasteiger partial charge in [-0.05, 0) is 18.6 Å². The first-order valence-electron chi connectivity index (χ1n) is 8.61. The number of para-hydroxylation sites is 1. The van der Waals surface area contributed by atoms with Gasteiger partial charge in [0.05, 0.1) is 26.6 Å². The Morgan fingerprint density at radius 2 is 2.04 bits per heavy atom. The fourth-order valence-electron chi connectivity index (χ4n) is 3.29. The zero-order chi connectivity index (χ0) is 18.6. The van der Waals surface area contributed by atoms with E-state index < -0.39 is 5.60 Å². The maximum Gasteiger partial charge on any atom is 0.226 e. The fourth-order valence-corrected chi connectivity index (χ4v) is 3.29. The smallest absolute Gasteiger partial charge is 0.226 e. The summed E-state index contributed by atoms with van der Waals surface area (Å²) in [6, 6.07) is 9.23. The molecule has 1 amide bonds. The van der Waals surface area contributed by atoms with Crippen molar-refractivity contribution in [3.63, 3.8) is 0 Å². The van der Waals surface area contributed by atoms with E-state index in [0.29, 0.717) is 31.2 Å². The summed E-state index contributed by atoms with van der Waals surface area (Å²) in [5, 5.41) is 10.9. The molecule has 7 nitrogen and oxygen atoms in total. The van der Waals surface area contributed by atoms with Gasteiger partial charge in [0, 0.05) is 31.5 Å². The number of ether oxygens (including phenoxy) is 1. The van der Waals surface area contributed by atoms with Gasteiger partial charge in [0.2, 0.25) is 11.9 Å². The molecule has 26 heavy (non-hydrogen) atoms. The molecule has 3 rings (SSSR count). The summed E-state index contributed by atoms with van der Waals surface area (Å²) >= 11 is 0. The highest BCUT2D eigenvalue weighted by Gasteiger charge is 2.38. The van der Waals surface area contributed by atoms with E-state index >= 15 is 0 Å². The number of benzene rings is 1. The van der Waals surface area contributed by atoms with Gasteiger partial charge >= 0.3 is 0 Å². The van der Waals surface area contributed by atoms with E-state index in [4.69, 9.17) is 4.74 Å². The molecule has 1 aliphatic rings. The summed E-state index contributed by atoms with van der Waals surface area (Å²) < 4.78 is 5.30. The normalized spacial score (nSPS) is 19.4. The molecule has 0 saturated carbocycles. The number of aromatic nitrogens is 2. The molecule has 1 aromatic carbocycles. The number of likely N-dealkylation sites (N-methyl/N-ethyl adjacent to an activating group) is 1. The number of β-amino-alcohol motifs (C(OH)–C–C–N with tert-alkyl or cyclic N) is 1. The second-order valence-corrected chi connectivity index (χ2v) is 6.68. The Labute approximate surface area is 153 Å². The van der Waals surface area contributed by atoms with Crippen LogP contribution >= 0.6 is 0 Å². The number of methoxy groups -OCH3 is 1. The summed E-state index contributed by atoms with van der Waals surface area (Å²) in [5.74, 6) is 1.24. The molecule has 0 spiro atoms. The van der Waals surface area contributed by atoms with Crippen LogP contribution in [-0.4, -0.2) is 65.3 Å². The number of hydrogen-bond donors (Lipinski definition) is 1. The molecule has 1 N–H and O–H groups in total. The van der Waals surface area contributed by atoms with E-state index in [1.54, 1.807) is 37.5 Å². The summed E-state index contributed by atoms with van der Waals surface area (Å²) in [4.78, 5) is 24.6. The first kappa shape index (κ1) is 18.1. The van der Waals surface area contributed by atoms with Crippen LogP contribution in [-0.2, 0) is 11.2 Å². The molecule has 1 aromatic heterocycles. The Bertz CT molecular complexity index is 755. The molecule has 0 unspecified atom stereocenters. The molecule has 1 atom stereocenters. The zero-order valence-corrected chi connectivity index (χ0v) is 15.1. The maximum atomic E-state index is 12.6. The minimum atomic E-state index is -0.968. The molecule has 7 heteroatoms. The standard InChI is InChI=1S/C19H24N4O3/c1-22(17(24)12-15-6-3-4-7-16(15)26-2)13-19(25)8-11-23(14-19)18-20-9-5-10-21-18/h3-7,9-10,25H,8,11-14H2,1-2H3/t19-/m0/s1. The van der Waals surface area contributed by atoms with Crippen LogP contribution in [0, 0.1) is 0 Å². The molecule has 1 saturated heterocycles. The van der Waals surface area contributed by atoms with Gasteiger partial charge in [-0.25, -0.2) is 9.97 Å². The zero-order valence-electron chi connectivity index (χ0n) is 15.1. The van der Waals surface area contributed by atoms with E-state index in [1.807, 2.05) is 29.2 Å². The summed E-state index contributed by atoms with van der Waals surface area (Å²) in [5.41, 5.74) is -0.130. The fraction of sp³-hybridized carbons (Fsp3) is 0.421. The lowest BCUT2D eigenvalue weighted by Gasteiger charge is -2.29. The Balaban J connectivity index is 1.60. The second-order valence-electron chi connectivity index (χ2n) is 6.68. The third-order valence-electron chi connectivity index (χ3n) is 4.66. The Hall–Kier alpha value is -2.67. The van der Waals surface area contributed by atoms with Crippen molar-refractivity contribution >= 4 is 11.9 Å². The topological polar surface area (TPSA) is 78.8 Å². The van der Waals surface area contributed by atoms with Gasteiger partial charge in [-0.2, -0.15) is 0 Å². The van der Waals surface area contributed by atoms with Crippen LogP contribution in [0.1, 0.15) is 12.0 Å². The van der Waals surface area contributed by atoms with Crippen molar-refractivity contribution in [1.29, 1.82) is 0 Å². The van der Waals surface area contributed by atoms with Crippen LogP contribution in [0.15, 0.2) is 42.7 Å². The van der Waals surface area contributed by atoms with E-state index in [2.05, 4.69) is 9.97 Å². The molecule has 0 bridgehead atoms. The maximum absolute atomic E-state index is 12.6. The van der Waals surface area contributed by atoms with Gasteiger partial charge in [0.25, 0.3) is 0 Å². The molecule has 2 heterocycles. The highest BCUT2D eigenvalue weighted by Crippen LogP contribution is 2.25. The molecule has 2 aromatic rings. The van der Waals surface area contributed by atoms with E-state index in [0.717, 1.165) is 5.56 Å². The molecule has 0 radical (unpaired) electrons. The van der Waals surface area contributed by atoms with E-state index in [1.165, 1.54) is 0 Å². The van der Waals surface area contributed by atoms with Crippen LogP contribution in [0.2, 0.25) is 0 Å². The number of anilines is 1. The van der Waals surface area contributed by atoms with Crippen LogP contribution in [0.25, 0.3) is 0 Å². The number of amides is 1. The Kier molecular flexibility index (Phi) is 5.37. The minimum Gasteiger partial charge on any atom is -0.496 e. The summed E-state index contributed by atoms with van der Waals surface area (Å²) in [6.45, 7) is 1.34. The predicted octanol–water partition coefficient (Wildman–Crippen LogP) is 1.13. The quantitative estimate of drug-likeness (QED) is 0.836. The van der Waals surface area contributed by atoms with Crippen molar-refractivity contribution in [1.82, 2.24) is 14.9 Å². The third-order valence-corrected chi connectivity index (χ3v) is 4.66. The number of carbonyl (C=O) groups is 1. The first-order valence-corrected chi connectivity index (χ1v) is 8.61. The third kappa shape index (κ3) is 4.11. The monoisotopic (exact) mass is 356 g/mol. The van der Waals surface area contributed by atoms with Crippen LogP contribution in [0.5, 0.6) is 5.75 Å². The lowest BCUT2D eigenvalue weighted by Crippen LogP contribution is -2.46. The van der Waals surface area contributed by atoms with Crippen molar-refractivity contribution in [3.05, 3.63) is 48.3 Å². The van der Waals surface area contributed by atoms with Crippen molar-refractivity contribution < 1.29 is 14.6 Å². The highest BCUT2D eigenvalue weighted by atomic mass is 16.5. The van der Waals surface area contributed by atoms with Crippen molar-refractivity contribution in [2.75, 3.05) is 38.7 Å². The predicted molar refractivity (Wildman–Crippen MR) is 98.1 cm³/mol. The van der Waals surface area contributed by atoms with E-state index in [-0.39, 0.29) is 18.9 Å². The van der Waals surface area contributed by atoms with Gasteiger partial charge in [-0.15, -0.1) is 0 Å². The second kappa shape index (κ2) is 7.70. The number of nitrogens with zero attached hydrogens (tertiary/aromatic N) is 4. The first-order chi connectivity index (χ1) is 12.5. The molecule has 1 fully saturated rings. The molecule has 138 valence electrons. The van der Waals surface area contributed by atoms with Gasteiger partial charge < -0.3 is 19.6 Å². The van der Waals surface area contributed by atoms with E-state index in [9.17, 15) is 9.90 Å². The summed E-state index contributed by atoms with van der Waals surface area (Å²) in [6.07, 6.45) is 4.17. The number of carbonyl (C=O) groups excluding carboxylic acids is 1. The van der Waals surface area contributed by atoms with Gasteiger partial charge in [-0.1, -0.05) is 18.2 Å². The summed E-state index contributed by atoms with van der Waals surface area (Å²) in [7, 11) is 3.31. The Morgan fingerprint density at radius 1 is 1.31 bits per heavy atom. The molecule has 0 aliphatic carbocycles. The SMILES string of the molecule is COc1ccccc1CC(=O)N(C)C[C@@]1(O)CCN(c2ncccn2)C1. The van der Waals surface area contributed by atoms with Crippen LogP contribution < -0.4 is 9.64 Å². The lowest BCUT2D eigenvalue weighted by molar-refractivity contribution is -0.132. The Morgan fingerprint density at radius 3 is 2.77 bits per heavy atom. The van der Waals surface area contributed by atoms with Gasteiger partial charge in [0.1, 0.15) is 11.4 Å². The highest BCUT2D eigenvalue weighted by molar-refractivity contribution is 5.79. The average Bonchev–Trinajstić information content (AvgIpc) is 3.04.